The van der Waals surface area contributed by atoms with E-state index in [4.69, 9.17) is 4.74 Å². The molecule has 1 aromatic carbocycles. The number of hydrogen-bond donors (Lipinski definition) is 1. The number of hydrogen-bond acceptors (Lipinski definition) is 5. The molecule has 2 aromatic rings. The van der Waals surface area contributed by atoms with Crippen molar-refractivity contribution in [1.82, 2.24) is 19.7 Å². The number of nitrogens with zero attached hydrogens (tertiary/aromatic N) is 5. The van der Waals surface area contributed by atoms with E-state index in [1.54, 1.807) is 23.0 Å². The number of aryl methyl sites for hydroxylation is 1. The molecule has 0 unspecified atom stereocenters. The fraction of sp³-hybridized carbons (Fsp3) is 0.438. The lowest BCUT2D eigenvalue weighted by atomic mass is 10.2. The summed E-state index contributed by atoms with van der Waals surface area (Å²) in [5.74, 6) is 1.19. The van der Waals surface area contributed by atoms with Crippen molar-refractivity contribution in [3.8, 4) is 5.75 Å². The molecule has 0 aliphatic carbocycles. The van der Waals surface area contributed by atoms with E-state index in [9.17, 15) is 4.79 Å². The van der Waals surface area contributed by atoms with Crippen LogP contribution in [0.4, 0.5) is 16.4 Å². The second-order valence-electron chi connectivity index (χ2n) is 5.50. The summed E-state index contributed by atoms with van der Waals surface area (Å²) in [6.45, 7) is 5.48. The number of para-hydroxylation sites is 2. The lowest BCUT2D eigenvalue weighted by Gasteiger charge is -2.36. The van der Waals surface area contributed by atoms with E-state index in [-0.39, 0.29) is 6.03 Å². The van der Waals surface area contributed by atoms with E-state index < -0.39 is 0 Å². The molecule has 2 heterocycles. The summed E-state index contributed by atoms with van der Waals surface area (Å²) in [4.78, 5) is 20.4. The van der Waals surface area contributed by atoms with E-state index >= 15 is 0 Å². The number of methoxy groups -OCH3 is 1. The first-order chi connectivity index (χ1) is 11.7. The second kappa shape index (κ2) is 7.20. The van der Waals surface area contributed by atoms with Gasteiger partial charge in [0.2, 0.25) is 5.95 Å². The molecule has 1 aromatic heterocycles. The van der Waals surface area contributed by atoms with Crippen LogP contribution in [0.5, 0.6) is 5.75 Å². The summed E-state index contributed by atoms with van der Waals surface area (Å²) < 4.78 is 7.09. The first-order valence-corrected chi connectivity index (χ1v) is 8.04. The molecule has 1 N–H and O–H groups in total. The van der Waals surface area contributed by atoms with E-state index in [0.717, 1.165) is 31.1 Å². The van der Waals surface area contributed by atoms with Gasteiger partial charge in [-0.15, -0.1) is 5.10 Å². The van der Waals surface area contributed by atoms with Gasteiger partial charge >= 0.3 is 6.03 Å². The van der Waals surface area contributed by atoms with E-state index in [0.29, 0.717) is 19.0 Å². The first kappa shape index (κ1) is 16.1. The standard InChI is InChI=1S/C16H22N6O2/c1-3-22-12-17-15(19-22)18-16(23)21-10-8-20(9-11-21)13-6-4-5-7-14(13)24-2/h4-7,12H,3,8-11H2,1-2H3,(H,18,19,23). The summed E-state index contributed by atoms with van der Waals surface area (Å²) in [6, 6.07) is 7.77. The highest BCUT2D eigenvalue weighted by Crippen LogP contribution is 2.28. The third kappa shape index (κ3) is 3.42. The Kier molecular flexibility index (Phi) is 4.83. The number of aromatic nitrogens is 3. The molecule has 1 fully saturated rings. The van der Waals surface area contributed by atoms with Crippen molar-refractivity contribution in [2.24, 2.45) is 0 Å². The third-order valence-corrected chi connectivity index (χ3v) is 4.07. The smallest absolute Gasteiger partial charge is 0.324 e. The van der Waals surface area contributed by atoms with Gasteiger partial charge in [-0.25, -0.2) is 9.78 Å². The number of urea groups is 1. The van der Waals surface area contributed by atoms with Crippen LogP contribution in [0.3, 0.4) is 0 Å². The quantitative estimate of drug-likeness (QED) is 0.923. The topological polar surface area (TPSA) is 75.5 Å². The van der Waals surface area contributed by atoms with Crippen LogP contribution in [0.15, 0.2) is 30.6 Å². The first-order valence-electron chi connectivity index (χ1n) is 8.04. The molecule has 1 aliphatic heterocycles. The molecule has 0 spiro atoms. The number of ether oxygens (including phenoxy) is 1. The van der Waals surface area contributed by atoms with Crippen molar-refractivity contribution in [2.75, 3.05) is 43.5 Å². The molecule has 0 radical (unpaired) electrons. The van der Waals surface area contributed by atoms with Crippen LogP contribution in [0, 0.1) is 0 Å². The molecular weight excluding hydrogens is 308 g/mol. The molecule has 3 rings (SSSR count). The lowest BCUT2D eigenvalue weighted by molar-refractivity contribution is 0.208. The molecule has 8 heteroatoms. The second-order valence-corrected chi connectivity index (χ2v) is 5.50. The molecule has 0 atom stereocenters. The number of benzene rings is 1. The van der Waals surface area contributed by atoms with Gasteiger partial charge in [-0.2, -0.15) is 0 Å². The average molecular weight is 330 g/mol. The van der Waals surface area contributed by atoms with Crippen LogP contribution in [-0.2, 0) is 6.54 Å². The molecule has 0 bridgehead atoms. The average Bonchev–Trinajstić information content (AvgIpc) is 3.09. The van der Waals surface area contributed by atoms with Crippen LogP contribution in [0.1, 0.15) is 6.92 Å². The zero-order valence-corrected chi connectivity index (χ0v) is 14.0. The van der Waals surface area contributed by atoms with Gasteiger partial charge in [-0.05, 0) is 19.1 Å². The van der Waals surface area contributed by atoms with Crippen molar-refractivity contribution in [2.45, 2.75) is 13.5 Å². The van der Waals surface area contributed by atoms with Crippen LogP contribution in [0.2, 0.25) is 0 Å². The highest BCUT2D eigenvalue weighted by Gasteiger charge is 2.23. The molecule has 0 saturated carbocycles. The molecule has 1 saturated heterocycles. The number of piperazine rings is 1. The van der Waals surface area contributed by atoms with Crippen LogP contribution in [-0.4, -0.2) is 59.0 Å². The zero-order valence-electron chi connectivity index (χ0n) is 14.0. The minimum Gasteiger partial charge on any atom is -0.495 e. The monoisotopic (exact) mass is 330 g/mol. The molecule has 8 nitrogen and oxygen atoms in total. The van der Waals surface area contributed by atoms with Crippen molar-refractivity contribution in [3.63, 3.8) is 0 Å². The third-order valence-electron chi connectivity index (χ3n) is 4.07. The number of nitrogens with one attached hydrogen (secondary N) is 1. The summed E-state index contributed by atoms with van der Waals surface area (Å²) in [5, 5.41) is 6.91. The van der Waals surface area contributed by atoms with Gasteiger partial charge in [-0.3, -0.25) is 10.00 Å². The minimum atomic E-state index is -0.163. The summed E-state index contributed by atoms with van der Waals surface area (Å²) >= 11 is 0. The van der Waals surface area contributed by atoms with Crippen LogP contribution < -0.4 is 15.0 Å². The Balaban J connectivity index is 1.57. The molecular formula is C16H22N6O2. The summed E-state index contributed by atoms with van der Waals surface area (Å²) in [6.07, 6.45) is 1.61. The molecule has 24 heavy (non-hydrogen) atoms. The van der Waals surface area contributed by atoms with Gasteiger partial charge in [0.1, 0.15) is 12.1 Å². The molecule has 2 amide bonds. The number of carbonyl (C=O) groups is 1. The van der Waals surface area contributed by atoms with Crippen molar-refractivity contribution < 1.29 is 9.53 Å². The Bertz CT molecular complexity index is 693. The van der Waals surface area contributed by atoms with Gasteiger partial charge in [-0.1, -0.05) is 12.1 Å². The normalized spacial score (nSPS) is 14.6. The SMILES string of the molecule is CCn1cnc(NC(=O)N2CCN(c3ccccc3OC)CC2)n1. The Morgan fingerprint density at radius 2 is 2.00 bits per heavy atom. The lowest BCUT2D eigenvalue weighted by Crippen LogP contribution is -2.50. The van der Waals surface area contributed by atoms with Crippen molar-refractivity contribution in [3.05, 3.63) is 30.6 Å². The van der Waals surface area contributed by atoms with Gasteiger partial charge in [0.15, 0.2) is 0 Å². The maximum absolute atomic E-state index is 12.3. The number of anilines is 2. The largest absolute Gasteiger partial charge is 0.495 e. The fourth-order valence-corrected chi connectivity index (χ4v) is 2.72. The highest BCUT2D eigenvalue weighted by atomic mass is 16.5. The fourth-order valence-electron chi connectivity index (χ4n) is 2.72. The maximum Gasteiger partial charge on any atom is 0.324 e. The number of carbonyl (C=O) groups excluding carboxylic acids is 1. The Labute approximate surface area is 141 Å². The van der Waals surface area contributed by atoms with Gasteiger partial charge < -0.3 is 14.5 Å². The minimum absolute atomic E-state index is 0.163. The van der Waals surface area contributed by atoms with Gasteiger partial charge in [0, 0.05) is 32.7 Å². The maximum atomic E-state index is 12.3. The van der Waals surface area contributed by atoms with E-state index in [1.165, 1.54) is 0 Å². The van der Waals surface area contributed by atoms with E-state index in [2.05, 4.69) is 20.3 Å². The number of amides is 2. The van der Waals surface area contributed by atoms with Gasteiger partial charge in [0.25, 0.3) is 0 Å². The highest BCUT2D eigenvalue weighted by molar-refractivity contribution is 5.87. The van der Waals surface area contributed by atoms with Crippen molar-refractivity contribution >= 4 is 17.7 Å². The van der Waals surface area contributed by atoms with E-state index in [1.807, 2.05) is 31.2 Å². The zero-order chi connectivity index (χ0) is 16.9. The summed E-state index contributed by atoms with van der Waals surface area (Å²) in [5.41, 5.74) is 1.06. The number of rotatable bonds is 4. The Morgan fingerprint density at radius 3 is 2.67 bits per heavy atom. The predicted octanol–water partition coefficient (Wildman–Crippen LogP) is 1.66. The van der Waals surface area contributed by atoms with Crippen molar-refractivity contribution in [1.29, 1.82) is 0 Å². The van der Waals surface area contributed by atoms with Crippen LogP contribution >= 0.6 is 0 Å². The molecule has 128 valence electrons. The predicted molar refractivity (Wildman–Crippen MR) is 91.5 cm³/mol. The Morgan fingerprint density at radius 1 is 1.25 bits per heavy atom. The van der Waals surface area contributed by atoms with Crippen LogP contribution in [0.25, 0.3) is 0 Å². The summed E-state index contributed by atoms with van der Waals surface area (Å²) in [7, 11) is 1.67. The Hall–Kier alpha value is -2.77. The molecule has 1 aliphatic rings. The van der Waals surface area contributed by atoms with Gasteiger partial charge in [0.05, 0.1) is 12.8 Å².